The van der Waals surface area contributed by atoms with Crippen LogP contribution in [0.25, 0.3) is 0 Å². The van der Waals surface area contributed by atoms with Gasteiger partial charge in [0.25, 0.3) is 0 Å². The molecule has 0 saturated heterocycles. The molecule has 2 heteroatoms. The molecular formula is C11H15NO. The lowest BCUT2D eigenvalue weighted by Gasteiger charge is -2.13. The standard InChI is InChI=1S/C11H15NO/c1-8(2)10(12)11(13)9-6-4-3-5-7-9/h3-8,10H,12H2,1-2H3/t10-/m0/s1. The minimum atomic E-state index is -0.387. The summed E-state index contributed by atoms with van der Waals surface area (Å²) in [6, 6.07) is 8.79. The van der Waals surface area contributed by atoms with E-state index in [1.807, 2.05) is 32.0 Å². The molecule has 1 rings (SSSR count). The molecule has 2 N–H and O–H groups in total. The second kappa shape index (κ2) is 4.19. The number of hydrogen-bond donors (Lipinski definition) is 1. The summed E-state index contributed by atoms with van der Waals surface area (Å²) in [6.45, 7) is 3.90. The summed E-state index contributed by atoms with van der Waals surface area (Å²) in [4.78, 5) is 11.7. The molecule has 0 aliphatic heterocycles. The summed E-state index contributed by atoms with van der Waals surface area (Å²) in [6.07, 6.45) is 0. The Morgan fingerprint density at radius 2 is 1.77 bits per heavy atom. The molecule has 70 valence electrons. The molecule has 1 atom stereocenters. The maximum atomic E-state index is 11.7. The van der Waals surface area contributed by atoms with E-state index in [9.17, 15) is 4.79 Å². The van der Waals surface area contributed by atoms with Gasteiger partial charge in [0.1, 0.15) is 0 Å². The summed E-state index contributed by atoms with van der Waals surface area (Å²) >= 11 is 0. The zero-order chi connectivity index (χ0) is 9.84. The maximum Gasteiger partial charge on any atom is 0.179 e. The van der Waals surface area contributed by atoms with E-state index in [-0.39, 0.29) is 17.7 Å². The van der Waals surface area contributed by atoms with Crippen molar-refractivity contribution in [3.63, 3.8) is 0 Å². The second-order valence-corrected chi connectivity index (χ2v) is 3.50. The molecule has 0 aromatic heterocycles. The number of carbonyl (C=O) groups is 1. The van der Waals surface area contributed by atoms with Gasteiger partial charge in [-0.3, -0.25) is 4.79 Å². The first-order chi connectivity index (χ1) is 6.13. The van der Waals surface area contributed by atoms with Gasteiger partial charge in [0, 0.05) is 5.56 Å². The van der Waals surface area contributed by atoms with E-state index >= 15 is 0 Å². The number of benzene rings is 1. The molecule has 0 spiro atoms. The van der Waals surface area contributed by atoms with E-state index in [0.717, 1.165) is 0 Å². The van der Waals surface area contributed by atoms with Gasteiger partial charge >= 0.3 is 0 Å². The van der Waals surface area contributed by atoms with Crippen molar-refractivity contribution in [2.45, 2.75) is 19.9 Å². The predicted molar refractivity (Wildman–Crippen MR) is 53.6 cm³/mol. The minimum Gasteiger partial charge on any atom is -0.321 e. The van der Waals surface area contributed by atoms with Crippen molar-refractivity contribution in [1.82, 2.24) is 0 Å². The van der Waals surface area contributed by atoms with Crippen molar-refractivity contribution in [3.05, 3.63) is 35.9 Å². The van der Waals surface area contributed by atoms with Crippen molar-refractivity contribution in [2.75, 3.05) is 0 Å². The van der Waals surface area contributed by atoms with Gasteiger partial charge in [-0.15, -0.1) is 0 Å². The average Bonchev–Trinajstić information content (AvgIpc) is 2.17. The smallest absolute Gasteiger partial charge is 0.179 e. The number of Topliss-reactive ketones (excluding diaryl/α,β-unsaturated/α-hetero) is 1. The van der Waals surface area contributed by atoms with Crippen LogP contribution in [0.5, 0.6) is 0 Å². The van der Waals surface area contributed by atoms with Crippen LogP contribution < -0.4 is 5.73 Å². The number of carbonyl (C=O) groups excluding carboxylic acids is 1. The van der Waals surface area contributed by atoms with E-state index in [4.69, 9.17) is 5.73 Å². The normalized spacial score (nSPS) is 12.9. The van der Waals surface area contributed by atoms with Crippen LogP contribution in [0.3, 0.4) is 0 Å². The van der Waals surface area contributed by atoms with Crippen LogP contribution in [0, 0.1) is 5.92 Å². The fourth-order valence-corrected chi connectivity index (χ4v) is 1.10. The number of hydrogen-bond acceptors (Lipinski definition) is 2. The second-order valence-electron chi connectivity index (χ2n) is 3.50. The fraction of sp³-hybridized carbons (Fsp3) is 0.364. The Kier molecular flexibility index (Phi) is 3.20. The van der Waals surface area contributed by atoms with E-state index < -0.39 is 0 Å². The van der Waals surface area contributed by atoms with Crippen LogP contribution in [-0.4, -0.2) is 11.8 Å². The number of nitrogens with two attached hydrogens (primary N) is 1. The third-order valence-electron chi connectivity index (χ3n) is 2.08. The third-order valence-corrected chi connectivity index (χ3v) is 2.08. The van der Waals surface area contributed by atoms with Crippen LogP contribution in [0.2, 0.25) is 0 Å². The minimum absolute atomic E-state index is 0.0237. The molecule has 0 amide bonds. The Bertz CT molecular complexity index is 279. The molecule has 0 heterocycles. The first-order valence-corrected chi connectivity index (χ1v) is 4.47. The summed E-state index contributed by atoms with van der Waals surface area (Å²) in [5.41, 5.74) is 6.44. The summed E-state index contributed by atoms with van der Waals surface area (Å²) in [7, 11) is 0. The molecule has 0 fully saturated rings. The molecule has 2 nitrogen and oxygen atoms in total. The topological polar surface area (TPSA) is 43.1 Å². The highest BCUT2D eigenvalue weighted by atomic mass is 16.1. The van der Waals surface area contributed by atoms with Gasteiger partial charge in [-0.1, -0.05) is 44.2 Å². The largest absolute Gasteiger partial charge is 0.321 e. The van der Waals surface area contributed by atoms with Crippen molar-refractivity contribution in [3.8, 4) is 0 Å². The van der Waals surface area contributed by atoms with Gasteiger partial charge in [-0.05, 0) is 5.92 Å². The molecule has 0 aliphatic rings. The Morgan fingerprint density at radius 3 is 2.23 bits per heavy atom. The fourth-order valence-electron chi connectivity index (χ4n) is 1.10. The Labute approximate surface area is 78.8 Å². The van der Waals surface area contributed by atoms with Crippen molar-refractivity contribution in [2.24, 2.45) is 11.7 Å². The van der Waals surface area contributed by atoms with Crippen molar-refractivity contribution < 1.29 is 4.79 Å². The molecule has 0 radical (unpaired) electrons. The van der Waals surface area contributed by atoms with Crippen molar-refractivity contribution >= 4 is 5.78 Å². The van der Waals surface area contributed by atoms with Gasteiger partial charge in [-0.2, -0.15) is 0 Å². The van der Waals surface area contributed by atoms with E-state index in [0.29, 0.717) is 5.56 Å². The van der Waals surface area contributed by atoms with Crippen LogP contribution in [0.15, 0.2) is 30.3 Å². The van der Waals surface area contributed by atoms with E-state index in [2.05, 4.69) is 0 Å². The molecule has 0 aliphatic carbocycles. The van der Waals surface area contributed by atoms with Crippen LogP contribution >= 0.6 is 0 Å². The lowest BCUT2D eigenvalue weighted by atomic mass is 9.96. The zero-order valence-electron chi connectivity index (χ0n) is 8.03. The number of ketones is 1. The molecular weight excluding hydrogens is 162 g/mol. The zero-order valence-corrected chi connectivity index (χ0v) is 8.03. The average molecular weight is 177 g/mol. The lowest BCUT2D eigenvalue weighted by Crippen LogP contribution is -2.35. The van der Waals surface area contributed by atoms with Gasteiger partial charge in [0.15, 0.2) is 5.78 Å². The highest BCUT2D eigenvalue weighted by Crippen LogP contribution is 2.07. The van der Waals surface area contributed by atoms with Crippen molar-refractivity contribution in [1.29, 1.82) is 0 Å². The third kappa shape index (κ3) is 2.39. The van der Waals surface area contributed by atoms with Gasteiger partial charge < -0.3 is 5.73 Å². The highest BCUT2D eigenvalue weighted by molar-refractivity contribution is 6.00. The molecule has 0 saturated carbocycles. The van der Waals surface area contributed by atoms with Crippen LogP contribution in [0.1, 0.15) is 24.2 Å². The first kappa shape index (κ1) is 9.93. The van der Waals surface area contributed by atoms with E-state index in [1.54, 1.807) is 12.1 Å². The molecule has 0 bridgehead atoms. The van der Waals surface area contributed by atoms with Gasteiger partial charge in [-0.25, -0.2) is 0 Å². The highest BCUT2D eigenvalue weighted by Gasteiger charge is 2.18. The first-order valence-electron chi connectivity index (χ1n) is 4.47. The Hall–Kier alpha value is -1.15. The Balaban J connectivity index is 2.80. The molecule has 0 unspecified atom stereocenters. The monoisotopic (exact) mass is 177 g/mol. The van der Waals surface area contributed by atoms with Gasteiger partial charge in [0.2, 0.25) is 0 Å². The van der Waals surface area contributed by atoms with Gasteiger partial charge in [0.05, 0.1) is 6.04 Å². The molecule has 1 aromatic rings. The lowest BCUT2D eigenvalue weighted by molar-refractivity contribution is 0.0940. The summed E-state index contributed by atoms with van der Waals surface area (Å²) < 4.78 is 0. The molecule has 1 aromatic carbocycles. The Morgan fingerprint density at radius 1 is 1.23 bits per heavy atom. The summed E-state index contributed by atoms with van der Waals surface area (Å²) in [5.74, 6) is 0.211. The SMILES string of the molecule is CC(C)[C@H](N)C(=O)c1ccccc1. The number of rotatable bonds is 3. The maximum absolute atomic E-state index is 11.7. The summed E-state index contributed by atoms with van der Waals surface area (Å²) in [5, 5.41) is 0. The van der Waals surface area contributed by atoms with Crippen LogP contribution in [-0.2, 0) is 0 Å². The predicted octanol–water partition coefficient (Wildman–Crippen LogP) is 1.85. The van der Waals surface area contributed by atoms with Crippen LogP contribution in [0.4, 0.5) is 0 Å². The quantitative estimate of drug-likeness (QED) is 0.716. The van der Waals surface area contributed by atoms with E-state index in [1.165, 1.54) is 0 Å². The molecule has 13 heavy (non-hydrogen) atoms.